The number of nitrogens with zero attached hydrogens (tertiary/aromatic N) is 2. The molecule has 4 heteroatoms. The zero-order valence-electron chi connectivity index (χ0n) is 14.7. The van der Waals surface area contributed by atoms with E-state index < -0.39 is 0 Å². The maximum absolute atomic E-state index is 9.04. The summed E-state index contributed by atoms with van der Waals surface area (Å²) < 4.78 is 5.49. The van der Waals surface area contributed by atoms with Crippen molar-refractivity contribution in [3.8, 4) is 5.75 Å². The second-order valence-corrected chi connectivity index (χ2v) is 7.93. The number of methoxy groups -OCH3 is 1. The molecule has 2 fully saturated rings. The first-order valence-electron chi connectivity index (χ1n) is 9.25. The van der Waals surface area contributed by atoms with Gasteiger partial charge in [0, 0.05) is 24.2 Å². The van der Waals surface area contributed by atoms with Gasteiger partial charge in [-0.2, -0.15) is 0 Å². The van der Waals surface area contributed by atoms with E-state index in [0.717, 1.165) is 37.5 Å². The van der Waals surface area contributed by atoms with Crippen molar-refractivity contribution < 1.29 is 9.94 Å². The van der Waals surface area contributed by atoms with E-state index in [2.05, 4.69) is 35.2 Å². The quantitative estimate of drug-likeness (QED) is 0.511. The van der Waals surface area contributed by atoms with Crippen LogP contribution in [-0.2, 0) is 11.8 Å². The summed E-state index contributed by atoms with van der Waals surface area (Å²) in [5.41, 5.74) is 2.93. The second-order valence-electron chi connectivity index (χ2n) is 7.93. The van der Waals surface area contributed by atoms with Gasteiger partial charge in [0.1, 0.15) is 5.75 Å². The average Bonchev–Trinajstić information content (AvgIpc) is 3.41. The number of hydrogen-bond donors (Lipinski definition) is 1. The summed E-state index contributed by atoms with van der Waals surface area (Å²) in [6.45, 7) is 4.82. The van der Waals surface area contributed by atoms with E-state index in [1.807, 2.05) is 0 Å². The predicted molar refractivity (Wildman–Crippen MR) is 95.1 cm³/mol. The first-order chi connectivity index (χ1) is 11.7. The normalized spacial score (nSPS) is 32.8. The molecule has 3 atom stereocenters. The zero-order chi connectivity index (χ0) is 16.7. The summed E-state index contributed by atoms with van der Waals surface area (Å²) in [4.78, 5) is 2.74. The fourth-order valence-corrected chi connectivity index (χ4v) is 5.12. The standard InChI is InChI=1S/C20H28N2O2/c1-14-19-11-16-5-6-17(24-2)12-18(16)20(14,7-9-21-23)8-10-22(19)13-15-3-4-15/h5-6,9,12,14-15,19,23H,3-4,7-8,10-11,13H2,1-2H3/b21-9+/t14-,19+,20?/m0/s1. The Morgan fingerprint density at radius 1 is 1.42 bits per heavy atom. The van der Waals surface area contributed by atoms with Crippen LogP contribution in [0.3, 0.4) is 0 Å². The van der Waals surface area contributed by atoms with E-state index in [4.69, 9.17) is 9.94 Å². The summed E-state index contributed by atoms with van der Waals surface area (Å²) in [5.74, 6) is 2.42. The van der Waals surface area contributed by atoms with Crippen LogP contribution in [0.25, 0.3) is 0 Å². The van der Waals surface area contributed by atoms with Gasteiger partial charge in [0.25, 0.3) is 0 Å². The number of ether oxygens (including phenoxy) is 1. The van der Waals surface area contributed by atoms with Crippen molar-refractivity contribution in [2.75, 3.05) is 20.2 Å². The lowest BCUT2D eigenvalue weighted by Gasteiger charge is -2.56. The van der Waals surface area contributed by atoms with Crippen LogP contribution >= 0.6 is 0 Å². The van der Waals surface area contributed by atoms with Crippen LogP contribution in [0.15, 0.2) is 23.4 Å². The monoisotopic (exact) mass is 328 g/mol. The number of rotatable bonds is 5. The molecule has 0 spiro atoms. The lowest BCUT2D eigenvalue weighted by atomic mass is 9.56. The molecule has 0 amide bonds. The third-order valence-electron chi connectivity index (χ3n) is 6.77. The van der Waals surface area contributed by atoms with Gasteiger partial charge in [-0.3, -0.25) is 4.90 Å². The molecule has 1 aliphatic heterocycles. The molecule has 130 valence electrons. The fraction of sp³-hybridized carbons (Fsp3) is 0.650. The molecule has 24 heavy (non-hydrogen) atoms. The van der Waals surface area contributed by atoms with E-state index in [1.165, 1.54) is 30.5 Å². The van der Waals surface area contributed by atoms with E-state index >= 15 is 0 Å². The number of likely N-dealkylation sites (tertiary alicyclic amines) is 1. The van der Waals surface area contributed by atoms with Crippen LogP contribution in [0.1, 0.15) is 43.7 Å². The van der Waals surface area contributed by atoms with Gasteiger partial charge in [0.05, 0.1) is 7.11 Å². The molecule has 2 aliphatic carbocycles. The predicted octanol–water partition coefficient (Wildman–Crippen LogP) is 3.46. The molecule has 0 radical (unpaired) electrons. The molecule has 1 heterocycles. The van der Waals surface area contributed by atoms with Crippen molar-refractivity contribution in [1.82, 2.24) is 4.90 Å². The fourth-order valence-electron chi connectivity index (χ4n) is 5.12. The SMILES string of the molecule is COc1ccc2c(c1)C1(C/C=N/O)CCN(CC3CC3)[C@H](C2)[C@@H]1C. The van der Waals surface area contributed by atoms with Crippen LogP contribution in [0.5, 0.6) is 5.75 Å². The van der Waals surface area contributed by atoms with Crippen molar-refractivity contribution in [1.29, 1.82) is 0 Å². The highest BCUT2D eigenvalue weighted by atomic mass is 16.5. The summed E-state index contributed by atoms with van der Waals surface area (Å²) >= 11 is 0. The first-order valence-corrected chi connectivity index (χ1v) is 9.25. The van der Waals surface area contributed by atoms with Crippen molar-refractivity contribution in [2.24, 2.45) is 17.0 Å². The largest absolute Gasteiger partial charge is 0.497 e. The molecule has 4 nitrogen and oxygen atoms in total. The highest BCUT2D eigenvalue weighted by Crippen LogP contribution is 2.51. The zero-order valence-corrected chi connectivity index (χ0v) is 14.7. The molecule has 1 aromatic rings. The molecular weight excluding hydrogens is 300 g/mol. The molecule has 0 aromatic heterocycles. The van der Waals surface area contributed by atoms with E-state index in [0.29, 0.717) is 12.0 Å². The second kappa shape index (κ2) is 6.07. The Bertz CT molecular complexity index is 641. The van der Waals surface area contributed by atoms with E-state index in [1.54, 1.807) is 13.3 Å². The maximum Gasteiger partial charge on any atom is 0.119 e. The average molecular weight is 328 g/mol. The van der Waals surface area contributed by atoms with Gasteiger partial charge in [0.15, 0.2) is 0 Å². The first kappa shape index (κ1) is 15.9. The van der Waals surface area contributed by atoms with E-state index in [-0.39, 0.29) is 5.41 Å². The third-order valence-corrected chi connectivity index (χ3v) is 6.77. The highest BCUT2D eigenvalue weighted by molar-refractivity contribution is 5.61. The summed E-state index contributed by atoms with van der Waals surface area (Å²) in [6.07, 6.45) is 7.58. The topological polar surface area (TPSA) is 45.1 Å². The Hall–Kier alpha value is -1.55. The molecule has 1 unspecified atom stereocenters. The minimum Gasteiger partial charge on any atom is -0.497 e. The third kappa shape index (κ3) is 2.52. The van der Waals surface area contributed by atoms with Crippen molar-refractivity contribution in [3.63, 3.8) is 0 Å². The molecule has 3 aliphatic rings. The van der Waals surface area contributed by atoms with Gasteiger partial charge in [-0.25, -0.2) is 0 Å². The van der Waals surface area contributed by atoms with Gasteiger partial charge in [-0.05, 0) is 73.7 Å². The smallest absolute Gasteiger partial charge is 0.119 e. The molecule has 1 saturated heterocycles. The Morgan fingerprint density at radius 2 is 2.25 bits per heavy atom. The van der Waals surface area contributed by atoms with Gasteiger partial charge in [-0.1, -0.05) is 13.0 Å². The molecular formula is C20H28N2O2. The van der Waals surface area contributed by atoms with Crippen LogP contribution < -0.4 is 4.74 Å². The number of benzene rings is 1. The number of fused-ring (bicyclic) bond motifs is 4. The molecule has 2 bridgehead atoms. The Kier molecular flexibility index (Phi) is 4.03. The Labute approximate surface area is 144 Å². The van der Waals surface area contributed by atoms with E-state index in [9.17, 15) is 0 Å². The molecule has 1 aromatic carbocycles. The molecule has 1 N–H and O–H groups in total. The minimum absolute atomic E-state index is 0.0685. The van der Waals surface area contributed by atoms with Crippen LogP contribution in [0.4, 0.5) is 0 Å². The minimum atomic E-state index is 0.0685. The number of oxime groups is 1. The van der Waals surface area contributed by atoms with Crippen molar-refractivity contribution in [2.45, 2.75) is 50.5 Å². The van der Waals surface area contributed by atoms with Crippen LogP contribution in [0.2, 0.25) is 0 Å². The van der Waals surface area contributed by atoms with Crippen LogP contribution in [-0.4, -0.2) is 42.6 Å². The summed E-state index contributed by atoms with van der Waals surface area (Å²) in [6, 6.07) is 7.17. The summed E-state index contributed by atoms with van der Waals surface area (Å²) in [5, 5.41) is 12.4. The number of piperidine rings is 1. The highest BCUT2D eigenvalue weighted by Gasteiger charge is 2.51. The molecule has 1 saturated carbocycles. The van der Waals surface area contributed by atoms with Gasteiger partial charge >= 0.3 is 0 Å². The van der Waals surface area contributed by atoms with Crippen molar-refractivity contribution >= 4 is 6.21 Å². The summed E-state index contributed by atoms with van der Waals surface area (Å²) in [7, 11) is 1.73. The van der Waals surface area contributed by atoms with Crippen LogP contribution in [0, 0.1) is 11.8 Å². The number of hydrogen-bond acceptors (Lipinski definition) is 4. The van der Waals surface area contributed by atoms with Crippen molar-refractivity contribution in [3.05, 3.63) is 29.3 Å². The Morgan fingerprint density at radius 3 is 2.96 bits per heavy atom. The lowest BCUT2D eigenvalue weighted by Crippen LogP contribution is -2.59. The van der Waals surface area contributed by atoms with Gasteiger partial charge in [-0.15, -0.1) is 5.16 Å². The van der Waals surface area contributed by atoms with Gasteiger partial charge < -0.3 is 9.94 Å². The van der Waals surface area contributed by atoms with Gasteiger partial charge in [0.2, 0.25) is 0 Å². The molecule has 4 rings (SSSR count). The maximum atomic E-state index is 9.04. The lowest BCUT2D eigenvalue weighted by molar-refractivity contribution is 0.0232. The Balaban J connectivity index is 1.74.